The topological polar surface area (TPSA) is 73.9 Å². The van der Waals surface area contributed by atoms with Gasteiger partial charge in [-0.3, -0.25) is 4.79 Å². The fourth-order valence-corrected chi connectivity index (χ4v) is 3.88. The monoisotopic (exact) mass is 419 g/mol. The summed E-state index contributed by atoms with van der Waals surface area (Å²) < 4.78 is 17.1. The Labute approximate surface area is 180 Å². The molecule has 0 unspecified atom stereocenters. The molecule has 0 saturated heterocycles. The molecule has 2 rings (SSSR count). The van der Waals surface area contributed by atoms with Gasteiger partial charge in [0.25, 0.3) is 5.91 Å². The van der Waals surface area contributed by atoms with Crippen LogP contribution >= 0.6 is 0 Å². The average molecular weight is 420 g/mol. The van der Waals surface area contributed by atoms with Gasteiger partial charge in [-0.1, -0.05) is 33.6 Å². The SMILES string of the molecule is CCCCOc1ccc(NC(=O)[C@@]2(OCCC)CCC[C@H](C)C2)cc1C(=O)OCC. The largest absolute Gasteiger partial charge is 0.493 e. The fourth-order valence-electron chi connectivity index (χ4n) is 3.88. The number of hydrogen-bond donors (Lipinski definition) is 1. The molecule has 1 aromatic rings. The lowest BCUT2D eigenvalue weighted by atomic mass is 9.78. The summed E-state index contributed by atoms with van der Waals surface area (Å²) in [6.45, 7) is 9.41. The minimum Gasteiger partial charge on any atom is -0.493 e. The Morgan fingerprint density at radius 1 is 1.17 bits per heavy atom. The van der Waals surface area contributed by atoms with Gasteiger partial charge in [-0.05, 0) is 63.1 Å². The number of rotatable bonds is 11. The van der Waals surface area contributed by atoms with Gasteiger partial charge in [-0.25, -0.2) is 4.79 Å². The maximum atomic E-state index is 13.3. The Hall–Kier alpha value is -2.08. The van der Waals surface area contributed by atoms with Crippen molar-refractivity contribution in [3.05, 3.63) is 23.8 Å². The highest BCUT2D eigenvalue weighted by Crippen LogP contribution is 2.36. The van der Waals surface area contributed by atoms with Crippen LogP contribution in [0.2, 0.25) is 0 Å². The molecule has 168 valence electrons. The molecular weight excluding hydrogens is 382 g/mol. The Bertz CT molecular complexity index is 705. The number of hydrogen-bond acceptors (Lipinski definition) is 5. The Balaban J connectivity index is 2.23. The summed E-state index contributed by atoms with van der Waals surface area (Å²) in [5, 5.41) is 2.99. The first-order valence-corrected chi connectivity index (χ1v) is 11.3. The Kier molecular flexibility index (Phi) is 9.63. The summed E-state index contributed by atoms with van der Waals surface area (Å²) in [5.74, 6) is 0.314. The maximum absolute atomic E-state index is 13.3. The van der Waals surface area contributed by atoms with Crippen molar-refractivity contribution in [2.24, 2.45) is 5.92 Å². The van der Waals surface area contributed by atoms with Gasteiger partial charge in [0.05, 0.1) is 13.2 Å². The highest BCUT2D eigenvalue weighted by molar-refractivity contribution is 5.99. The molecule has 6 heteroatoms. The van der Waals surface area contributed by atoms with Gasteiger partial charge in [0.15, 0.2) is 0 Å². The normalized spacial score (nSPS) is 21.1. The zero-order valence-electron chi connectivity index (χ0n) is 18.9. The van der Waals surface area contributed by atoms with E-state index in [-0.39, 0.29) is 12.5 Å². The van der Waals surface area contributed by atoms with E-state index in [1.54, 1.807) is 25.1 Å². The number of unbranched alkanes of at least 4 members (excludes halogenated alkanes) is 1. The minimum atomic E-state index is -0.811. The zero-order chi connectivity index (χ0) is 22.0. The summed E-state index contributed by atoms with van der Waals surface area (Å²) in [6, 6.07) is 5.12. The lowest BCUT2D eigenvalue weighted by Gasteiger charge is -2.38. The van der Waals surface area contributed by atoms with Gasteiger partial charge in [0.1, 0.15) is 16.9 Å². The van der Waals surface area contributed by atoms with Crippen molar-refractivity contribution in [3.8, 4) is 5.75 Å². The van der Waals surface area contributed by atoms with E-state index in [0.717, 1.165) is 32.1 Å². The van der Waals surface area contributed by atoms with Crippen LogP contribution in [0.1, 0.15) is 83.0 Å². The summed E-state index contributed by atoms with van der Waals surface area (Å²) in [6.07, 6.45) is 6.27. The third-order valence-corrected chi connectivity index (χ3v) is 5.44. The van der Waals surface area contributed by atoms with Gasteiger partial charge in [0.2, 0.25) is 0 Å². The number of nitrogens with one attached hydrogen (secondary N) is 1. The third-order valence-electron chi connectivity index (χ3n) is 5.44. The number of ether oxygens (including phenoxy) is 3. The van der Waals surface area contributed by atoms with E-state index in [2.05, 4.69) is 19.2 Å². The Morgan fingerprint density at radius 2 is 1.97 bits per heavy atom. The molecular formula is C24H37NO5. The van der Waals surface area contributed by atoms with Crippen LogP contribution in [-0.2, 0) is 14.3 Å². The van der Waals surface area contributed by atoms with Crippen molar-refractivity contribution in [1.82, 2.24) is 0 Å². The van der Waals surface area contributed by atoms with Crippen LogP contribution in [0.15, 0.2) is 18.2 Å². The quantitative estimate of drug-likeness (QED) is 0.386. The number of anilines is 1. The molecule has 6 nitrogen and oxygen atoms in total. The van der Waals surface area contributed by atoms with Crippen LogP contribution in [0.5, 0.6) is 5.75 Å². The van der Waals surface area contributed by atoms with E-state index in [4.69, 9.17) is 14.2 Å². The van der Waals surface area contributed by atoms with Crippen LogP contribution in [0.25, 0.3) is 0 Å². The molecule has 2 atom stereocenters. The van der Waals surface area contributed by atoms with E-state index >= 15 is 0 Å². The first-order chi connectivity index (χ1) is 14.5. The standard InChI is InChI=1S/C24H37NO5/c1-5-8-15-29-21-12-11-19(16-20(21)22(26)28-7-3)25-23(27)24(30-14-6-2)13-9-10-18(4)17-24/h11-12,16,18H,5-10,13-15,17H2,1-4H3,(H,25,27)/t18-,24+/m0/s1. The molecule has 0 radical (unpaired) electrons. The summed E-state index contributed by atoms with van der Waals surface area (Å²) >= 11 is 0. The molecule has 0 bridgehead atoms. The van der Waals surface area contributed by atoms with Crippen molar-refractivity contribution < 1.29 is 23.8 Å². The fraction of sp³-hybridized carbons (Fsp3) is 0.667. The van der Waals surface area contributed by atoms with Crippen molar-refractivity contribution in [3.63, 3.8) is 0 Å². The lowest BCUT2D eigenvalue weighted by Crippen LogP contribution is -2.48. The first-order valence-electron chi connectivity index (χ1n) is 11.3. The molecule has 1 saturated carbocycles. The molecule has 0 spiro atoms. The molecule has 30 heavy (non-hydrogen) atoms. The predicted molar refractivity (Wildman–Crippen MR) is 118 cm³/mol. The molecule has 0 aromatic heterocycles. The minimum absolute atomic E-state index is 0.142. The number of benzene rings is 1. The lowest BCUT2D eigenvalue weighted by molar-refractivity contribution is -0.148. The second kappa shape index (κ2) is 11.9. The van der Waals surface area contributed by atoms with Gasteiger partial charge >= 0.3 is 5.97 Å². The second-order valence-corrected chi connectivity index (χ2v) is 8.13. The Morgan fingerprint density at radius 3 is 2.63 bits per heavy atom. The van der Waals surface area contributed by atoms with Crippen LogP contribution in [0.4, 0.5) is 5.69 Å². The maximum Gasteiger partial charge on any atom is 0.341 e. The van der Waals surface area contributed by atoms with E-state index in [0.29, 0.717) is 49.0 Å². The van der Waals surface area contributed by atoms with Crippen LogP contribution in [-0.4, -0.2) is 37.3 Å². The molecule has 1 aromatic carbocycles. The van der Waals surface area contributed by atoms with Crippen LogP contribution in [0, 0.1) is 5.92 Å². The van der Waals surface area contributed by atoms with Gasteiger partial charge in [-0.15, -0.1) is 0 Å². The number of carbonyl (C=O) groups excluding carboxylic acids is 2. The highest BCUT2D eigenvalue weighted by Gasteiger charge is 2.42. The van der Waals surface area contributed by atoms with Crippen molar-refractivity contribution >= 4 is 17.6 Å². The van der Waals surface area contributed by atoms with Crippen molar-refractivity contribution in [1.29, 1.82) is 0 Å². The summed E-state index contributed by atoms with van der Waals surface area (Å²) in [5.41, 5.74) is 0.0588. The molecule has 1 aliphatic carbocycles. The summed E-state index contributed by atoms with van der Waals surface area (Å²) in [4.78, 5) is 25.7. The van der Waals surface area contributed by atoms with E-state index < -0.39 is 11.6 Å². The summed E-state index contributed by atoms with van der Waals surface area (Å²) in [7, 11) is 0. The van der Waals surface area contributed by atoms with Gasteiger partial charge in [0, 0.05) is 12.3 Å². The molecule has 1 amide bonds. The molecule has 1 fully saturated rings. The molecule has 0 aliphatic heterocycles. The van der Waals surface area contributed by atoms with Gasteiger partial charge in [-0.2, -0.15) is 0 Å². The van der Waals surface area contributed by atoms with Gasteiger partial charge < -0.3 is 19.5 Å². The highest BCUT2D eigenvalue weighted by atomic mass is 16.5. The smallest absolute Gasteiger partial charge is 0.341 e. The molecule has 1 aliphatic rings. The van der Waals surface area contributed by atoms with Crippen molar-refractivity contribution in [2.45, 2.75) is 78.2 Å². The molecule has 1 N–H and O–H groups in total. The van der Waals surface area contributed by atoms with Crippen molar-refractivity contribution in [2.75, 3.05) is 25.1 Å². The predicted octanol–water partition coefficient (Wildman–Crippen LogP) is 5.36. The van der Waals surface area contributed by atoms with Crippen LogP contribution < -0.4 is 10.1 Å². The zero-order valence-corrected chi connectivity index (χ0v) is 18.9. The van der Waals surface area contributed by atoms with E-state index in [1.807, 2.05) is 6.92 Å². The number of amides is 1. The number of carbonyl (C=O) groups is 2. The van der Waals surface area contributed by atoms with Crippen LogP contribution in [0.3, 0.4) is 0 Å². The third kappa shape index (κ3) is 6.46. The van der Waals surface area contributed by atoms with E-state index in [9.17, 15) is 9.59 Å². The number of esters is 1. The molecule has 0 heterocycles. The average Bonchev–Trinajstić information content (AvgIpc) is 2.73. The first kappa shape index (κ1) is 24.2. The van der Waals surface area contributed by atoms with E-state index in [1.165, 1.54) is 0 Å². The second-order valence-electron chi connectivity index (χ2n) is 8.13.